The SMILES string of the molecule is C=CCCC(F)=C(F)c1ccc(CCc2ccc(-c3cc(F)c(OC(F)(F)F)c(F)c3)cc2)c(F)c1. The molecule has 0 aliphatic carbocycles. The van der Waals surface area contributed by atoms with E-state index in [1.807, 2.05) is 0 Å². The molecule has 0 aliphatic rings. The number of benzene rings is 3. The summed E-state index contributed by atoms with van der Waals surface area (Å²) in [6.45, 7) is 3.44. The van der Waals surface area contributed by atoms with Crippen LogP contribution in [0.15, 0.2) is 73.1 Å². The predicted molar refractivity (Wildman–Crippen MR) is 121 cm³/mol. The van der Waals surface area contributed by atoms with E-state index in [4.69, 9.17) is 0 Å². The van der Waals surface area contributed by atoms with Gasteiger partial charge in [-0.05, 0) is 59.7 Å². The number of alkyl halides is 3. The van der Waals surface area contributed by atoms with Gasteiger partial charge in [0.2, 0.25) is 5.75 Å². The van der Waals surface area contributed by atoms with E-state index >= 15 is 0 Å². The molecule has 1 nitrogen and oxygen atoms in total. The fraction of sp³-hybridized carbons (Fsp3) is 0.185. The topological polar surface area (TPSA) is 9.23 Å². The number of ether oxygens (including phenoxy) is 1. The summed E-state index contributed by atoms with van der Waals surface area (Å²) in [5, 5.41) is 0. The molecule has 0 aromatic heterocycles. The van der Waals surface area contributed by atoms with Gasteiger partial charge in [-0.3, -0.25) is 0 Å². The van der Waals surface area contributed by atoms with Crippen LogP contribution < -0.4 is 4.74 Å². The Hall–Kier alpha value is -3.62. The highest BCUT2D eigenvalue weighted by Gasteiger charge is 2.34. The summed E-state index contributed by atoms with van der Waals surface area (Å²) in [6.07, 6.45) is -3.11. The van der Waals surface area contributed by atoms with E-state index in [9.17, 15) is 35.1 Å². The van der Waals surface area contributed by atoms with E-state index in [1.165, 1.54) is 30.3 Å². The van der Waals surface area contributed by atoms with Crippen molar-refractivity contribution in [3.8, 4) is 16.9 Å². The summed E-state index contributed by atoms with van der Waals surface area (Å²) >= 11 is 0. The minimum Gasteiger partial charge on any atom is -0.399 e. The van der Waals surface area contributed by atoms with Crippen molar-refractivity contribution in [2.45, 2.75) is 32.0 Å². The summed E-state index contributed by atoms with van der Waals surface area (Å²) < 4.78 is 111. The minimum atomic E-state index is -5.24. The zero-order chi connectivity index (χ0) is 26.5. The predicted octanol–water partition coefficient (Wildman–Crippen LogP) is 9.03. The lowest BCUT2D eigenvalue weighted by atomic mass is 9.99. The summed E-state index contributed by atoms with van der Waals surface area (Å²) in [7, 11) is 0. The van der Waals surface area contributed by atoms with E-state index < -0.39 is 41.2 Å². The molecule has 0 bridgehead atoms. The largest absolute Gasteiger partial charge is 0.573 e. The molecule has 9 heteroatoms. The van der Waals surface area contributed by atoms with Gasteiger partial charge < -0.3 is 4.74 Å². The molecule has 0 saturated heterocycles. The highest BCUT2D eigenvalue weighted by molar-refractivity contribution is 5.65. The fourth-order valence-electron chi connectivity index (χ4n) is 3.46. The first-order valence-electron chi connectivity index (χ1n) is 10.8. The molecule has 0 radical (unpaired) electrons. The molecule has 0 atom stereocenters. The molecule has 36 heavy (non-hydrogen) atoms. The van der Waals surface area contributed by atoms with E-state index in [0.717, 1.165) is 23.8 Å². The maximum atomic E-state index is 14.4. The van der Waals surface area contributed by atoms with Crippen LogP contribution in [0.1, 0.15) is 29.5 Å². The molecule has 0 aliphatic heterocycles. The first-order chi connectivity index (χ1) is 17.0. The van der Waals surface area contributed by atoms with Crippen LogP contribution in [0.2, 0.25) is 0 Å². The van der Waals surface area contributed by atoms with Crippen molar-refractivity contribution < 1.29 is 39.9 Å². The lowest BCUT2D eigenvalue weighted by Gasteiger charge is -2.12. The van der Waals surface area contributed by atoms with E-state index in [2.05, 4.69) is 11.3 Å². The second-order valence-corrected chi connectivity index (χ2v) is 7.87. The average molecular weight is 512 g/mol. The van der Waals surface area contributed by atoms with Crippen LogP contribution in [-0.4, -0.2) is 6.36 Å². The second-order valence-electron chi connectivity index (χ2n) is 7.87. The lowest BCUT2D eigenvalue weighted by Crippen LogP contribution is -2.19. The maximum Gasteiger partial charge on any atom is 0.573 e. The highest BCUT2D eigenvalue weighted by Crippen LogP contribution is 2.33. The first kappa shape index (κ1) is 27.0. The fourth-order valence-corrected chi connectivity index (χ4v) is 3.46. The smallest absolute Gasteiger partial charge is 0.399 e. The first-order valence-corrected chi connectivity index (χ1v) is 10.8. The maximum absolute atomic E-state index is 14.4. The van der Waals surface area contributed by atoms with E-state index in [0.29, 0.717) is 12.0 Å². The molecule has 0 saturated carbocycles. The number of rotatable bonds is 9. The second kappa shape index (κ2) is 11.4. The quantitative estimate of drug-likeness (QED) is 0.205. The van der Waals surface area contributed by atoms with Gasteiger partial charge in [0, 0.05) is 12.0 Å². The average Bonchev–Trinajstić information content (AvgIpc) is 2.83. The number of allylic oxidation sites excluding steroid dienone is 2. The highest BCUT2D eigenvalue weighted by atomic mass is 19.4. The molecule has 0 unspecified atom stereocenters. The molecule has 190 valence electrons. The van der Waals surface area contributed by atoms with Gasteiger partial charge in [0.15, 0.2) is 17.5 Å². The number of halogens is 8. The van der Waals surface area contributed by atoms with Crippen molar-refractivity contribution in [1.29, 1.82) is 0 Å². The van der Waals surface area contributed by atoms with Gasteiger partial charge in [-0.15, -0.1) is 19.8 Å². The Morgan fingerprint density at radius 3 is 2.00 bits per heavy atom. The Morgan fingerprint density at radius 1 is 0.806 bits per heavy atom. The van der Waals surface area contributed by atoms with Gasteiger partial charge in [-0.1, -0.05) is 42.5 Å². The Labute approximate surface area is 202 Å². The normalized spacial score (nSPS) is 12.3. The monoisotopic (exact) mass is 512 g/mol. The summed E-state index contributed by atoms with van der Waals surface area (Å²) in [6, 6.07) is 11.3. The van der Waals surface area contributed by atoms with Crippen LogP contribution >= 0.6 is 0 Å². The molecule has 0 amide bonds. The van der Waals surface area contributed by atoms with Gasteiger partial charge in [-0.2, -0.15) is 0 Å². The van der Waals surface area contributed by atoms with Crippen molar-refractivity contribution in [2.24, 2.45) is 0 Å². The third-order valence-corrected chi connectivity index (χ3v) is 5.30. The van der Waals surface area contributed by atoms with Crippen molar-refractivity contribution in [1.82, 2.24) is 0 Å². The van der Waals surface area contributed by atoms with Crippen molar-refractivity contribution >= 4 is 5.83 Å². The molecule has 3 aromatic carbocycles. The van der Waals surface area contributed by atoms with Crippen LogP contribution in [0.4, 0.5) is 35.1 Å². The zero-order valence-corrected chi connectivity index (χ0v) is 18.7. The molecule has 0 spiro atoms. The Morgan fingerprint density at radius 2 is 1.44 bits per heavy atom. The Bertz CT molecular complexity index is 1240. The van der Waals surface area contributed by atoms with Gasteiger partial charge >= 0.3 is 6.36 Å². The van der Waals surface area contributed by atoms with Gasteiger partial charge in [-0.25, -0.2) is 22.0 Å². The van der Waals surface area contributed by atoms with Crippen molar-refractivity contribution in [2.75, 3.05) is 0 Å². The molecule has 0 N–H and O–H groups in total. The molecule has 0 heterocycles. The van der Waals surface area contributed by atoms with Crippen LogP contribution in [0.3, 0.4) is 0 Å². The number of aryl methyl sites for hydroxylation is 2. The van der Waals surface area contributed by atoms with Gasteiger partial charge in [0.1, 0.15) is 11.6 Å². The Kier molecular flexibility index (Phi) is 8.55. The zero-order valence-electron chi connectivity index (χ0n) is 18.7. The minimum absolute atomic E-state index is 0.00288. The molecule has 3 aromatic rings. The molecule has 3 rings (SSSR count). The van der Waals surface area contributed by atoms with E-state index in [-0.39, 0.29) is 36.0 Å². The summed E-state index contributed by atoms with van der Waals surface area (Å²) in [5.74, 6) is -7.34. The van der Waals surface area contributed by atoms with Crippen molar-refractivity contribution in [3.63, 3.8) is 0 Å². The van der Waals surface area contributed by atoms with Crippen LogP contribution in [-0.2, 0) is 12.8 Å². The molecular formula is C27H20F8O. The van der Waals surface area contributed by atoms with Gasteiger partial charge in [0.25, 0.3) is 0 Å². The third kappa shape index (κ3) is 6.96. The Balaban J connectivity index is 1.69. The van der Waals surface area contributed by atoms with Crippen molar-refractivity contribution in [3.05, 3.63) is 107 Å². The summed E-state index contributed by atoms with van der Waals surface area (Å²) in [5.41, 5.74) is 1.16. The standard InChI is InChI=1S/C27H20F8O/c1-2-3-4-21(28)25(32)19-12-11-18(22(29)13-19)10-7-16-5-8-17(9-6-16)20-14-23(30)26(24(31)15-20)36-27(33,34)35/h2,5-6,8-9,11-15H,1,3-4,7,10H2. The van der Waals surface area contributed by atoms with E-state index in [1.54, 1.807) is 12.1 Å². The number of hydrogen-bond acceptors (Lipinski definition) is 1. The van der Waals surface area contributed by atoms with Crippen LogP contribution in [0.25, 0.3) is 17.0 Å². The third-order valence-electron chi connectivity index (χ3n) is 5.30. The molecule has 0 fully saturated rings. The van der Waals surface area contributed by atoms with Crippen LogP contribution in [0, 0.1) is 17.5 Å². The van der Waals surface area contributed by atoms with Gasteiger partial charge in [0.05, 0.1) is 0 Å². The lowest BCUT2D eigenvalue weighted by molar-refractivity contribution is -0.276. The number of hydrogen-bond donors (Lipinski definition) is 0. The van der Waals surface area contributed by atoms with Crippen LogP contribution in [0.5, 0.6) is 5.75 Å². The molecular weight excluding hydrogens is 492 g/mol. The summed E-state index contributed by atoms with van der Waals surface area (Å²) in [4.78, 5) is 0.